The fourth-order valence-corrected chi connectivity index (χ4v) is 2.84. The Morgan fingerprint density at radius 3 is 2.78 bits per heavy atom. The van der Waals surface area contributed by atoms with Gasteiger partial charge in [0.2, 0.25) is 0 Å². The third-order valence-electron chi connectivity index (χ3n) is 4.16. The molecule has 2 nitrogen and oxygen atoms in total. The van der Waals surface area contributed by atoms with Gasteiger partial charge in [-0.1, -0.05) is 23.8 Å². The van der Waals surface area contributed by atoms with E-state index in [0.717, 1.165) is 38.8 Å². The van der Waals surface area contributed by atoms with Crippen LogP contribution in [0.3, 0.4) is 0 Å². The fraction of sp³-hybridized carbons (Fsp3) is 0.625. The van der Waals surface area contributed by atoms with Gasteiger partial charge < -0.3 is 10.0 Å². The minimum atomic E-state index is -0.511. The summed E-state index contributed by atoms with van der Waals surface area (Å²) in [6.07, 6.45) is 3.70. The molecule has 0 amide bonds. The van der Waals surface area contributed by atoms with E-state index in [1.54, 1.807) is 0 Å². The first-order valence-corrected chi connectivity index (χ1v) is 6.96. The van der Waals surface area contributed by atoms with Gasteiger partial charge in [-0.25, -0.2) is 0 Å². The molecule has 1 saturated heterocycles. The summed E-state index contributed by atoms with van der Waals surface area (Å²) in [6, 6.07) is 6.53. The summed E-state index contributed by atoms with van der Waals surface area (Å²) in [4.78, 5) is 2.32. The Hall–Kier alpha value is -0.860. The minimum Gasteiger partial charge on any atom is -0.389 e. The monoisotopic (exact) mass is 247 g/mol. The van der Waals surface area contributed by atoms with Gasteiger partial charge >= 0.3 is 0 Å². The van der Waals surface area contributed by atoms with Crippen molar-refractivity contribution in [2.45, 2.75) is 45.1 Å². The SMILES string of the molecule is Cc1ccc(C)c(CC2(O)CCCN(C)CC2)c1. The summed E-state index contributed by atoms with van der Waals surface area (Å²) >= 11 is 0. The molecule has 100 valence electrons. The van der Waals surface area contributed by atoms with Gasteiger partial charge in [0.15, 0.2) is 0 Å². The highest BCUT2D eigenvalue weighted by atomic mass is 16.3. The maximum absolute atomic E-state index is 10.8. The van der Waals surface area contributed by atoms with Crippen LogP contribution in [0.2, 0.25) is 0 Å². The van der Waals surface area contributed by atoms with E-state index in [9.17, 15) is 5.11 Å². The third kappa shape index (κ3) is 3.33. The summed E-state index contributed by atoms with van der Waals surface area (Å²) in [7, 11) is 2.14. The number of rotatable bonds is 2. The topological polar surface area (TPSA) is 23.5 Å². The van der Waals surface area contributed by atoms with E-state index in [-0.39, 0.29) is 0 Å². The molecule has 1 N–H and O–H groups in total. The van der Waals surface area contributed by atoms with E-state index >= 15 is 0 Å². The lowest BCUT2D eigenvalue weighted by atomic mass is 9.86. The number of hydrogen-bond acceptors (Lipinski definition) is 2. The van der Waals surface area contributed by atoms with E-state index in [4.69, 9.17) is 0 Å². The van der Waals surface area contributed by atoms with Gasteiger partial charge in [-0.15, -0.1) is 0 Å². The van der Waals surface area contributed by atoms with Crippen molar-refractivity contribution in [1.82, 2.24) is 4.90 Å². The maximum Gasteiger partial charge on any atom is 0.0700 e. The molecule has 0 aliphatic carbocycles. The van der Waals surface area contributed by atoms with Gasteiger partial charge in [-0.3, -0.25) is 0 Å². The van der Waals surface area contributed by atoms with Crippen molar-refractivity contribution in [3.05, 3.63) is 34.9 Å². The van der Waals surface area contributed by atoms with Crippen molar-refractivity contribution in [3.63, 3.8) is 0 Å². The zero-order chi connectivity index (χ0) is 13.2. The number of likely N-dealkylation sites (tertiary alicyclic amines) is 1. The summed E-state index contributed by atoms with van der Waals surface area (Å²) in [5.74, 6) is 0. The molecule has 2 rings (SSSR count). The lowest BCUT2D eigenvalue weighted by molar-refractivity contribution is 0.0261. The molecular weight excluding hydrogens is 222 g/mol. The molecule has 0 spiro atoms. The number of nitrogens with zero attached hydrogens (tertiary/aromatic N) is 1. The van der Waals surface area contributed by atoms with Crippen molar-refractivity contribution < 1.29 is 5.11 Å². The molecule has 1 heterocycles. The molecular formula is C16H25NO. The second kappa shape index (κ2) is 5.41. The Bertz CT molecular complexity index is 416. The van der Waals surface area contributed by atoms with E-state index in [1.807, 2.05) is 0 Å². The first-order valence-electron chi connectivity index (χ1n) is 6.96. The molecule has 1 unspecified atom stereocenters. The smallest absolute Gasteiger partial charge is 0.0700 e. The van der Waals surface area contributed by atoms with Crippen LogP contribution >= 0.6 is 0 Å². The molecule has 1 aromatic carbocycles. The second-order valence-corrected chi connectivity index (χ2v) is 5.99. The number of hydrogen-bond donors (Lipinski definition) is 1. The van der Waals surface area contributed by atoms with Crippen molar-refractivity contribution in [2.24, 2.45) is 0 Å². The fourth-order valence-electron chi connectivity index (χ4n) is 2.84. The Morgan fingerprint density at radius 1 is 1.22 bits per heavy atom. The van der Waals surface area contributed by atoms with Gasteiger partial charge in [0.05, 0.1) is 5.60 Å². The number of aryl methyl sites for hydroxylation is 2. The predicted octanol–water partition coefficient (Wildman–Crippen LogP) is 2.69. The molecule has 1 fully saturated rings. The zero-order valence-electron chi connectivity index (χ0n) is 11.9. The van der Waals surface area contributed by atoms with Crippen LogP contribution in [0.5, 0.6) is 0 Å². The van der Waals surface area contributed by atoms with E-state index in [0.29, 0.717) is 0 Å². The lowest BCUT2D eigenvalue weighted by Gasteiger charge is -2.27. The average Bonchev–Trinajstić information content (AvgIpc) is 2.47. The lowest BCUT2D eigenvalue weighted by Crippen LogP contribution is -2.33. The summed E-state index contributed by atoms with van der Waals surface area (Å²) in [5.41, 5.74) is 3.38. The third-order valence-corrected chi connectivity index (χ3v) is 4.16. The molecule has 0 aromatic heterocycles. The molecule has 0 bridgehead atoms. The highest BCUT2D eigenvalue weighted by Gasteiger charge is 2.29. The van der Waals surface area contributed by atoms with Gasteiger partial charge in [0, 0.05) is 13.0 Å². The maximum atomic E-state index is 10.8. The van der Waals surface area contributed by atoms with Crippen LogP contribution in [0.15, 0.2) is 18.2 Å². The van der Waals surface area contributed by atoms with Crippen molar-refractivity contribution >= 4 is 0 Å². The van der Waals surface area contributed by atoms with Crippen molar-refractivity contribution in [3.8, 4) is 0 Å². The first kappa shape index (κ1) is 13.6. The molecule has 1 atom stereocenters. The Labute approximate surface area is 111 Å². The van der Waals surface area contributed by atoms with Crippen LogP contribution in [-0.4, -0.2) is 35.7 Å². The highest BCUT2D eigenvalue weighted by Crippen LogP contribution is 2.27. The molecule has 0 radical (unpaired) electrons. The highest BCUT2D eigenvalue weighted by molar-refractivity contribution is 5.31. The van der Waals surface area contributed by atoms with E-state index < -0.39 is 5.60 Å². The van der Waals surface area contributed by atoms with Crippen LogP contribution < -0.4 is 0 Å². The van der Waals surface area contributed by atoms with Gasteiger partial charge in [-0.05, 0) is 57.8 Å². The van der Waals surface area contributed by atoms with E-state index in [1.165, 1.54) is 16.7 Å². The van der Waals surface area contributed by atoms with Crippen LogP contribution in [0.1, 0.15) is 36.0 Å². The van der Waals surface area contributed by atoms with Crippen molar-refractivity contribution in [2.75, 3.05) is 20.1 Å². The largest absolute Gasteiger partial charge is 0.389 e. The second-order valence-electron chi connectivity index (χ2n) is 5.99. The average molecular weight is 247 g/mol. The summed E-state index contributed by atoms with van der Waals surface area (Å²) in [6.45, 7) is 6.37. The molecule has 1 aromatic rings. The number of aliphatic hydroxyl groups is 1. The van der Waals surface area contributed by atoms with E-state index in [2.05, 4.69) is 44.0 Å². The van der Waals surface area contributed by atoms with Crippen LogP contribution in [0.25, 0.3) is 0 Å². The summed E-state index contributed by atoms with van der Waals surface area (Å²) in [5, 5.41) is 10.8. The van der Waals surface area contributed by atoms with Gasteiger partial charge in [0.25, 0.3) is 0 Å². The molecule has 1 aliphatic heterocycles. The van der Waals surface area contributed by atoms with Gasteiger partial charge in [0.1, 0.15) is 0 Å². The predicted molar refractivity (Wildman–Crippen MR) is 75.9 cm³/mol. The first-order chi connectivity index (χ1) is 8.48. The molecule has 1 aliphatic rings. The van der Waals surface area contributed by atoms with Crippen LogP contribution in [0, 0.1) is 13.8 Å². The van der Waals surface area contributed by atoms with Crippen LogP contribution in [-0.2, 0) is 6.42 Å². The molecule has 2 heteroatoms. The Morgan fingerprint density at radius 2 is 2.00 bits per heavy atom. The zero-order valence-corrected chi connectivity index (χ0v) is 11.9. The van der Waals surface area contributed by atoms with Crippen molar-refractivity contribution in [1.29, 1.82) is 0 Å². The number of benzene rings is 1. The standard InChI is InChI=1S/C16H25NO/c1-13-5-6-14(2)15(11-13)12-16(18)7-4-9-17(3)10-8-16/h5-6,11,18H,4,7-10,12H2,1-3H3. The minimum absolute atomic E-state index is 0.511. The molecule has 0 saturated carbocycles. The quantitative estimate of drug-likeness (QED) is 0.868. The Balaban J connectivity index is 2.13. The summed E-state index contributed by atoms with van der Waals surface area (Å²) < 4.78 is 0. The van der Waals surface area contributed by atoms with Crippen LogP contribution in [0.4, 0.5) is 0 Å². The molecule has 18 heavy (non-hydrogen) atoms. The van der Waals surface area contributed by atoms with Gasteiger partial charge in [-0.2, -0.15) is 0 Å². The normalized spacial score (nSPS) is 26.0. The Kier molecular flexibility index (Phi) is 4.08.